The van der Waals surface area contributed by atoms with Gasteiger partial charge in [-0.15, -0.1) is 0 Å². The summed E-state index contributed by atoms with van der Waals surface area (Å²) >= 11 is 0. The summed E-state index contributed by atoms with van der Waals surface area (Å²) in [6, 6.07) is -1.08. The Morgan fingerprint density at radius 3 is 1.51 bits per heavy atom. The van der Waals surface area contributed by atoms with Gasteiger partial charge in [-0.1, -0.05) is 197 Å². The highest BCUT2D eigenvalue weighted by Crippen LogP contribution is 2.38. The summed E-state index contributed by atoms with van der Waals surface area (Å²) in [6.45, 7) is 4.31. The molecule has 0 spiro atoms. The number of rotatable bonds is 44. The van der Waals surface area contributed by atoms with Gasteiger partial charge in [0.05, 0.1) is 39.9 Å². The molecule has 0 aromatic rings. The third-order valence-electron chi connectivity index (χ3n) is 10.9. The number of carbonyl (C=O) groups excluding carboxylic acids is 1. The van der Waals surface area contributed by atoms with Crippen molar-refractivity contribution >= 4 is 13.7 Å². The predicted octanol–water partition coefficient (Wildman–Crippen LogP) is 12.5. The van der Waals surface area contributed by atoms with Crippen LogP contribution in [0.4, 0.5) is 0 Å². The SMILES string of the molecule is CC/C=C\C/C=C\C/C=C\C/C=C\C/C=C\CCCCCCCCCCCC(=O)NC(COP(=O)([O-])OCC[N+](C)(C)C)C(O)C(O)CCCCCCCCCCCCCC. The Labute approximate surface area is 375 Å². The van der Waals surface area contributed by atoms with Gasteiger partial charge in [-0.05, 0) is 57.8 Å². The molecule has 0 saturated heterocycles. The fourth-order valence-corrected chi connectivity index (χ4v) is 7.65. The van der Waals surface area contributed by atoms with E-state index in [1.807, 2.05) is 21.1 Å². The van der Waals surface area contributed by atoms with Crippen molar-refractivity contribution in [2.45, 2.75) is 218 Å². The number of aliphatic hydroxyl groups excluding tert-OH is 2. The lowest BCUT2D eigenvalue weighted by atomic mass is 9.99. The van der Waals surface area contributed by atoms with Crippen molar-refractivity contribution in [1.82, 2.24) is 5.32 Å². The van der Waals surface area contributed by atoms with Crippen LogP contribution in [0.3, 0.4) is 0 Å². The Hall–Kier alpha value is -1.84. The second-order valence-corrected chi connectivity index (χ2v) is 19.3. The van der Waals surface area contributed by atoms with E-state index in [0.717, 1.165) is 77.0 Å². The van der Waals surface area contributed by atoms with Crippen LogP contribution in [-0.2, 0) is 18.4 Å². The van der Waals surface area contributed by atoms with Gasteiger partial charge in [0, 0.05) is 6.42 Å². The van der Waals surface area contributed by atoms with Gasteiger partial charge in [0.15, 0.2) is 0 Å². The zero-order valence-corrected chi connectivity index (χ0v) is 40.9. The quantitative estimate of drug-likeness (QED) is 0.0241. The number of hydrogen-bond acceptors (Lipinski definition) is 7. The Morgan fingerprint density at radius 1 is 0.607 bits per heavy atom. The monoisotopic (exact) mass is 879 g/mol. The van der Waals surface area contributed by atoms with Crippen LogP contribution in [0.15, 0.2) is 60.8 Å². The standard InChI is InChI=1S/C51H95N2O7P/c1-6-8-10-12-14-16-18-20-21-22-23-24-25-26-27-28-29-30-31-32-34-36-38-40-42-44-50(55)52-48(47-60-61(57,58)59-46-45-53(3,4)5)51(56)49(54)43-41-39-37-35-33-19-17-15-13-11-9-7-2/h8,10,14,16,20-21,23-24,26-27,48-49,51,54,56H,6-7,9,11-13,15,17-19,22,25,28-47H2,1-5H3,(H-,52,55,57,58)/b10-8-,16-14-,21-20-,24-23-,27-26-. The van der Waals surface area contributed by atoms with E-state index in [1.165, 1.54) is 89.9 Å². The normalized spacial score (nSPS) is 15.2. The number of allylic oxidation sites excluding steroid dienone is 10. The Balaban J connectivity index is 4.35. The van der Waals surface area contributed by atoms with E-state index < -0.39 is 32.7 Å². The van der Waals surface area contributed by atoms with E-state index in [-0.39, 0.29) is 18.9 Å². The molecule has 3 N–H and O–H groups in total. The minimum Gasteiger partial charge on any atom is -0.756 e. The number of phosphoric ester groups is 1. The maximum atomic E-state index is 12.9. The predicted molar refractivity (Wildman–Crippen MR) is 257 cm³/mol. The smallest absolute Gasteiger partial charge is 0.268 e. The third kappa shape index (κ3) is 43.2. The second kappa shape index (κ2) is 42.1. The number of unbranched alkanes of at least 4 members (excludes halogenated alkanes) is 20. The van der Waals surface area contributed by atoms with E-state index in [1.54, 1.807) is 0 Å². The highest BCUT2D eigenvalue weighted by atomic mass is 31.2. The summed E-state index contributed by atoms with van der Waals surface area (Å²) in [6.07, 6.45) is 51.1. The molecule has 0 aromatic carbocycles. The summed E-state index contributed by atoms with van der Waals surface area (Å²) < 4.78 is 23.2. The highest BCUT2D eigenvalue weighted by molar-refractivity contribution is 7.45. The lowest BCUT2D eigenvalue weighted by molar-refractivity contribution is -0.870. The van der Waals surface area contributed by atoms with E-state index in [2.05, 4.69) is 79.9 Å². The van der Waals surface area contributed by atoms with Crippen molar-refractivity contribution in [2.24, 2.45) is 0 Å². The van der Waals surface area contributed by atoms with E-state index >= 15 is 0 Å². The van der Waals surface area contributed by atoms with Crippen molar-refractivity contribution in [3.63, 3.8) is 0 Å². The minimum atomic E-state index is -4.67. The molecule has 10 heteroatoms. The van der Waals surface area contributed by atoms with Crippen molar-refractivity contribution < 1.29 is 38.0 Å². The molecule has 1 amide bonds. The number of aliphatic hydroxyl groups is 2. The molecule has 0 radical (unpaired) electrons. The molecule has 4 unspecified atom stereocenters. The zero-order valence-electron chi connectivity index (χ0n) is 40.0. The number of amides is 1. The van der Waals surface area contributed by atoms with Gasteiger partial charge in [-0.3, -0.25) is 9.36 Å². The summed E-state index contributed by atoms with van der Waals surface area (Å²) in [4.78, 5) is 25.4. The van der Waals surface area contributed by atoms with Gasteiger partial charge in [-0.25, -0.2) is 0 Å². The maximum absolute atomic E-state index is 12.9. The van der Waals surface area contributed by atoms with E-state index in [9.17, 15) is 24.5 Å². The molecule has 0 aliphatic carbocycles. The first kappa shape index (κ1) is 59.2. The molecule has 0 bridgehead atoms. The number of phosphoric acid groups is 1. The fraction of sp³-hybridized carbons (Fsp3) is 0.784. The van der Waals surface area contributed by atoms with E-state index in [4.69, 9.17) is 9.05 Å². The van der Waals surface area contributed by atoms with Crippen molar-refractivity contribution in [1.29, 1.82) is 0 Å². The maximum Gasteiger partial charge on any atom is 0.268 e. The van der Waals surface area contributed by atoms with Crippen LogP contribution in [-0.4, -0.2) is 79.8 Å². The summed E-state index contributed by atoms with van der Waals surface area (Å²) in [7, 11) is 1.11. The topological polar surface area (TPSA) is 128 Å². The molecule has 61 heavy (non-hydrogen) atoms. The van der Waals surface area contributed by atoms with Gasteiger partial charge < -0.3 is 34.0 Å². The summed E-state index contributed by atoms with van der Waals surface area (Å²) in [5, 5.41) is 24.7. The average molecular weight is 879 g/mol. The summed E-state index contributed by atoms with van der Waals surface area (Å²) in [5.41, 5.74) is 0. The molecule has 0 fully saturated rings. The van der Waals surface area contributed by atoms with Crippen LogP contribution in [0.1, 0.15) is 200 Å². The Kier molecular flexibility index (Phi) is 40.9. The number of carbonyl (C=O) groups is 1. The van der Waals surface area contributed by atoms with Crippen LogP contribution >= 0.6 is 7.82 Å². The Bertz CT molecular complexity index is 1200. The van der Waals surface area contributed by atoms with Crippen LogP contribution in [0.2, 0.25) is 0 Å². The molecule has 0 aliphatic rings. The molecule has 0 saturated carbocycles. The molecule has 0 aliphatic heterocycles. The lowest BCUT2D eigenvalue weighted by Gasteiger charge is -2.31. The number of likely N-dealkylation sites (N-methyl/N-ethyl adjacent to an activating group) is 1. The molecular weight excluding hydrogens is 784 g/mol. The van der Waals surface area contributed by atoms with Gasteiger partial charge in [0.2, 0.25) is 5.91 Å². The van der Waals surface area contributed by atoms with Crippen molar-refractivity contribution in [2.75, 3.05) is 40.9 Å². The Morgan fingerprint density at radius 2 is 1.03 bits per heavy atom. The first-order chi connectivity index (χ1) is 29.4. The third-order valence-corrected chi connectivity index (χ3v) is 11.8. The van der Waals surface area contributed by atoms with Gasteiger partial charge in [0.25, 0.3) is 7.82 Å². The number of quaternary nitrogens is 1. The largest absolute Gasteiger partial charge is 0.756 e. The molecule has 0 aromatic heterocycles. The molecule has 0 rings (SSSR count). The van der Waals surface area contributed by atoms with Gasteiger partial charge in [-0.2, -0.15) is 0 Å². The van der Waals surface area contributed by atoms with Gasteiger partial charge in [0.1, 0.15) is 19.3 Å². The first-order valence-electron chi connectivity index (χ1n) is 24.7. The highest BCUT2D eigenvalue weighted by Gasteiger charge is 2.29. The second-order valence-electron chi connectivity index (χ2n) is 17.9. The molecule has 356 valence electrons. The molecule has 0 heterocycles. The average Bonchev–Trinajstić information content (AvgIpc) is 3.21. The molecule has 4 atom stereocenters. The molecular formula is C51H95N2O7P. The van der Waals surface area contributed by atoms with Crippen molar-refractivity contribution in [3.8, 4) is 0 Å². The van der Waals surface area contributed by atoms with E-state index in [0.29, 0.717) is 23.9 Å². The zero-order chi connectivity index (χ0) is 45.1. The number of nitrogens with one attached hydrogen (secondary N) is 1. The van der Waals surface area contributed by atoms with Gasteiger partial charge >= 0.3 is 0 Å². The number of nitrogens with zero attached hydrogens (tertiary/aromatic N) is 1. The van der Waals surface area contributed by atoms with Crippen LogP contribution in [0.25, 0.3) is 0 Å². The summed E-state index contributed by atoms with van der Waals surface area (Å²) in [5.74, 6) is -0.288. The fourth-order valence-electron chi connectivity index (χ4n) is 6.93. The van der Waals surface area contributed by atoms with Crippen molar-refractivity contribution in [3.05, 3.63) is 60.8 Å². The van der Waals surface area contributed by atoms with Crippen LogP contribution in [0, 0.1) is 0 Å². The molecule has 9 nitrogen and oxygen atoms in total. The van der Waals surface area contributed by atoms with Crippen LogP contribution in [0.5, 0.6) is 0 Å². The minimum absolute atomic E-state index is 0.0444. The first-order valence-corrected chi connectivity index (χ1v) is 26.2. The van der Waals surface area contributed by atoms with Crippen LogP contribution < -0.4 is 10.2 Å². The lowest BCUT2D eigenvalue weighted by Crippen LogP contribution is -2.51. The number of hydrogen-bond donors (Lipinski definition) is 3.